The Balaban J connectivity index is 0.000000231. The lowest BCUT2D eigenvalue weighted by Gasteiger charge is -2.17. The molecule has 2 rings (SSSR count). The van der Waals surface area contributed by atoms with E-state index in [1.807, 2.05) is 42.2 Å². The number of hydrogen-bond acceptors (Lipinski definition) is 3. The molecule has 2 N–H and O–H groups in total. The van der Waals surface area contributed by atoms with Crippen LogP contribution >= 0.6 is 0 Å². The number of carboxylic acids is 1. The van der Waals surface area contributed by atoms with Crippen LogP contribution in [0.25, 0.3) is 0 Å². The van der Waals surface area contributed by atoms with Crippen molar-refractivity contribution in [3.8, 4) is 0 Å². The van der Waals surface area contributed by atoms with Gasteiger partial charge in [-0.15, -0.1) is 0 Å². The summed E-state index contributed by atoms with van der Waals surface area (Å²) in [5, 5.41) is 8.85. The van der Waals surface area contributed by atoms with Crippen molar-refractivity contribution in [1.29, 1.82) is 0 Å². The summed E-state index contributed by atoms with van der Waals surface area (Å²) in [7, 11) is -4.03. The summed E-state index contributed by atoms with van der Waals surface area (Å²) in [5.41, 5.74) is 0.931. The van der Waals surface area contributed by atoms with Gasteiger partial charge in [-0.1, -0.05) is 54.5 Å². The Morgan fingerprint density at radius 2 is 1.96 bits per heavy atom. The van der Waals surface area contributed by atoms with Crippen molar-refractivity contribution >= 4 is 16.1 Å². The minimum absolute atomic E-state index is 0.115. The van der Waals surface area contributed by atoms with Crippen LogP contribution in [0.4, 0.5) is 0 Å². The molecule has 0 radical (unpaired) electrons. The van der Waals surface area contributed by atoms with E-state index in [-0.39, 0.29) is 30.0 Å². The molecule has 0 fully saturated rings. The largest absolute Gasteiger partial charge is 0.478 e. The van der Waals surface area contributed by atoms with Gasteiger partial charge in [-0.2, -0.15) is 14.5 Å². The SMILES string of the molecule is CC1C=[C-]C(S(=O)(=O)O)=CC1.C[I+]C(C(=O)O)c1ccccc1. The maximum Gasteiger partial charge on any atom is 0.360 e. The van der Waals surface area contributed by atoms with Crippen LogP contribution in [0.2, 0.25) is 0 Å². The quantitative estimate of drug-likeness (QED) is 0.284. The maximum atomic E-state index is 10.8. The summed E-state index contributed by atoms with van der Waals surface area (Å²) in [5.74, 6) is -0.392. The van der Waals surface area contributed by atoms with Crippen molar-refractivity contribution in [2.24, 2.45) is 5.92 Å². The number of carboxylic acid groups (broad SMARTS) is 1. The number of carbonyl (C=O) groups is 1. The van der Waals surface area contributed by atoms with E-state index in [1.165, 1.54) is 6.08 Å². The molecule has 1 aliphatic carbocycles. The molecule has 0 heterocycles. The van der Waals surface area contributed by atoms with Gasteiger partial charge in [0.15, 0.2) is 0 Å². The molecule has 0 amide bonds. The van der Waals surface area contributed by atoms with Gasteiger partial charge in [0.05, 0.1) is 0 Å². The Morgan fingerprint density at radius 3 is 2.35 bits per heavy atom. The molecule has 0 saturated carbocycles. The van der Waals surface area contributed by atoms with Crippen LogP contribution in [0.5, 0.6) is 0 Å². The summed E-state index contributed by atoms with van der Waals surface area (Å²) in [4.78, 5) is 12.6. The maximum absolute atomic E-state index is 10.8. The highest BCUT2D eigenvalue weighted by Crippen LogP contribution is 2.17. The fourth-order valence-corrected chi connectivity index (χ4v) is 4.00. The van der Waals surface area contributed by atoms with E-state index in [2.05, 4.69) is 6.08 Å². The monoisotopic (exact) mass is 450 g/mol. The minimum atomic E-state index is -4.03. The number of alkyl halides is 2. The smallest absolute Gasteiger partial charge is 0.360 e. The highest BCUT2D eigenvalue weighted by molar-refractivity contribution is 7.89. The lowest BCUT2D eigenvalue weighted by atomic mass is 10.0. The van der Waals surface area contributed by atoms with Gasteiger partial charge in [-0.25, -0.2) is 16.9 Å². The highest BCUT2D eigenvalue weighted by Gasteiger charge is 2.29. The lowest BCUT2D eigenvalue weighted by molar-refractivity contribution is -0.658. The number of allylic oxidation sites excluding steroid dienone is 3. The number of benzene rings is 1. The third kappa shape index (κ3) is 6.84. The summed E-state index contributed by atoms with van der Waals surface area (Å²) in [6.07, 6.45) is 6.26. The van der Waals surface area contributed by atoms with Crippen LogP contribution in [0.1, 0.15) is 22.8 Å². The van der Waals surface area contributed by atoms with E-state index in [4.69, 9.17) is 9.66 Å². The van der Waals surface area contributed by atoms with Gasteiger partial charge in [0, 0.05) is 5.56 Å². The summed E-state index contributed by atoms with van der Waals surface area (Å²) in [6, 6.07) is 9.41. The Morgan fingerprint density at radius 1 is 1.35 bits per heavy atom. The van der Waals surface area contributed by atoms with Crippen molar-refractivity contribution in [3.63, 3.8) is 0 Å². The first-order valence-electron chi connectivity index (χ1n) is 6.79. The fraction of sp³-hybridized carbons (Fsp3) is 0.312. The second-order valence-electron chi connectivity index (χ2n) is 4.90. The van der Waals surface area contributed by atoms with E-state index in [1.54, 1.807) is 6.08 Å². The molecule has 0 aliphatic heterocycles. The first-order chi connectivity index (χ1) is 10.8. The summed E-state index contributed by atoms with van der Waals surface area (Å²) >= 11 is -0.277. The van der Waals surface area contributed by atoms with E-state index < -0.39 is 16.1 Å². The fourth-order valence-electron chi connectivity index (χ4n) is 1.81. The minimum Gasteiger partial charge on any atom is -0.478 e. The van der Waals surface area contributed by atoms with Crippen LogP contribution in [0.3, 0.4) is 0 Å². The molecule has 2 atom stereocenters. The molecule has 23 heavy (non-hydrogen) atoms. The molecule has 0 aromatic heterocycles. The highest BCUT2D eigenvalue weighted by atomic mass is 127. The zero-order chi connectivity index (χ0) is 17.5. The first kappa shape index (κ1) is 19.9. The molecule has 0 saturated heterocycles. The Labute approximate surface area is 147 Å². The van der Waals surface area contributed by atoms with Crippen LogP contribution in [0, 0.1) is 12.0 Å². The van der Waals surface area contributed by atoms with Gasteiger partial charge in [-0.3, -0.25) is 4.55 Å². The normalized spacial score (nSPS) is 18.4. The van der Waals surface area contributed by atoms with Crippen molar-refractivity contribution < 1.29 is 44.1 Å². The van der Waals surface area contributed by atoms with Crippen LogP contribution in [-0.2, 0) is 14.9 Å². The zero-order valence-corrected chi connectivity index (χ0v) is 15.8. The average Bonchev–Trinajstić information content (AvgIpc) is 2.49. The molecule has 126 valence electrons. The van der Waals surface area contributed by atoms with Crippen molar-refractivity contribution in [2.75, 3.05) is 4.93 Å². The Bertz CT molecular complexity index is 680. The van der Waals surface area contributed by atoms with Gasteiger partial charge in [0.25, 0.3) is 35.2 Å². The van der Waals surface area contributed by atoms with Crippen molar-refractivity contribution in [2.45, 2.75) is 17.3 Å². The third-order valence-electron chi connectivity index (χ3n) is 2.99. The molecule has 1 aromatic carbocycles. The zero-order valence-electron chi connectivity index (χ0n) is 12.8. The number of rotatable bonds is 4. The van der Waals surface area contributed by atoms with Crippen LogP contribution in [-0.4, -0.2) is 29.0 Å². The topological polar surface area (TPSA) is 91.7 Å². The predicted molar refractivity (Wildman–Crippen MR) is 84.0 cm³/mol. The first-order valence-corrected chi connectivity index (χ1v) is 11.6. The molecular weight excluding hydrogens is 431 g/mol. The Hall–Kier alpha value is -1.19. The molecule has 2 unspecified atom stereocenters. The van der Waals surface area contributed by atoms with Crippen molar-refractivity contribution in [1.82, 2.24) is 0 Å². The van der Waals surface area contributed by atoms with Gasteiger partial charge in [-0.05, 0) is 0 Å². The van der Waals surface area contributed by atoms with Crippen molar-refractivity contribution in [3.05, 3.63) is 59.0 Å². The second kappa shape index (κ2) is 9.19. The number of hydrogen-bond donors (Lipinski definition) is 2. The molecule has 7 heteroatoms. The molecule has 0 bridgehead atoms. The molecule has 1 aromatic rings. The third-order valence-corrected chi connectivity index (χ3v) is 6.33. The summed E-state index contributed by atoms with van der Waals surface area (Å²) in [6.45, 7) is 1.95. The number of halogens is 1. The van der Waals surface area contributed by atoms with E-state index in [0.717, 1.165) is 5.56 Å². The summed E-state index contributed by atoms with van der Waals surface area (Å²) < 4.78 is 29.3. The predicted octanol–water partition coefficient (Wildman–Crippen LogP) is -0.312. The molecule has 0 spiro atoms. The van der Waals surface area contributed by atoms with Gasteiger partial charge in [0.1, 0.15) is 4.93 Å². The van der Waals surface area contributed by atoms with E-state index in [0.29, 0.717) is 12.3 Å². The molecular formula is C16H19IO5S. The van der Waals surface area contributed by atoms with Crippen LogP contribution < -0.4 is 21.2 Å². The Kier molecular flexibility index (Phi) is 7.93. The van der Waals surface area contributed by atoms with Crippen LogP contribution in [0.15, 0.2) is 47.4 Å². The molecule has 1 aliphatic rings. The number of aliphatic carboxylic acids is 1. The average molecular weight is 450 g/mol. The van der Waals surface area contributed by atoms with Gasteiger partial charge < -0.3 is 5.11 Å². The standard InChI is InChI=1S/C9H9IO2.C7H9O3S/c1-10-8(9(11)12)7-5-3-2-4-6-7;1-6-2-4-7(5-3-6)11(8,9)10/h2-6,8H,1H3;2,5-6H,3H2,1H3,(H,8,9,10)/q;-1/p+1. The van der Waals surface area contributed by atoms with E-state index in [9.17, 15) is 13.2 Å². The lowest BCUT2D eigenvalue weighted by Crippen LogP contribution is -3.61. The van der Waals surface area contributed by atoms with E-state index >= 15 is 0 Å². The second-order valence-corrected chi connectivity index (χ2v) is 8.78. The van der Waals surface area contributed by atoms with Gasteiger partial charge >= 0.3 is 5.97 Å². The van der Waals surface area contributed by atoms with Gasteiger partial charge in [0.2, 0.25) is 0 Å². The molecule has 5 nitrogen and oxygen atoms in total.